The van der Waals surface area contributed by atoms with E-state index in [0.717, 1.165) is 22.4 Å². The van der Waals surface area contributed by atoms with E-state index in [1.54, 1.807) is 0 Å². The maximum absolute atomic E-state index is 12.5. The van der Waals surface area contributed by atoms with E-state index in [9.17, 15) is 14.4 Å². The van der Waals surface area contributed by atoms with Gasteiger partial charge in [-0.15, -0.1) is 0 Å². The molecule has 0 spiro atoms. The van der Waals surface area contributed by atoms with Gasteiger partial charge in [0, 0.05) is 18.7 Å². The Morgan fingerprint density at radius 3 is 2.61 bits per heavy atom. The minimum Gasteiger partial charge on any atom is -0.326 e. The number of carbonyl (C=O) groups is 3. The number of nitrogens with one attached hydrogen (secondary N) is 2. The summed E-state index contributed by atoms with van der Waals surface area (Å²) in [4.78, 5) is 38.1. The molecule has 0 unspecified atom stereocenters. The number of nitrogens with zero attached hydrogens (tertiary/aromatic N) is 1. The van der Waals surface area contributed by atoms with Crippen LogP contribution in [0.2, 0.25) is 0 Å². The Kier molecular flexibility index (Phi) is 6.09. The summed E-state index contributed by atoms with van der Waals surface area (Å²) in [6.45, 7) is 4.23. The number of urea groups is 1. The fourth-order valence-corrected chi connectivity index (χ4v) is 3.23. The highest BCUT2D eigenvalue weighted by molar-refractivity contribution is 6.04. The van der Waals surface area contributed by atoms with Crippen LogP contribution in [0.4, 0.5) is 10.5 Å². The SMILES string of the molecule is Cc1ccc(C)c(NC(=O)CC[C@@H]2NC(=O)N(CCc3ccccc3)C2=O)c1. The highest BCUT2D eigenvalue weighted by Gasteiger charge is 2.37. The molecular formula is C22H25N3O3. The smallest absolute Gasteiger partial charge is 0.324 e. The van der Waals surface area contributed by atoms with E-state index in [1.807, 2.05) is 62.4 Å². The minimum atomic E-state index is -0.646. The molecule has 6 heteroatoms. The highest BCUT2D eigenvalue weighted by atomic mass is 16.2. The Morgan fingerprint density at radius 1 is 1.11 bits per heavy atom. The monoisotopic (exact) mass is 379 g/mol. The zero-order valence-electron chi connectivity index (χ0n) is 16.2. The van der Waals surface area contributed by atoms with Crippen molar-refractivity contribution >= 4 is 23.5 Å². The van der Waals surface area contributed by atoms with Gasteiger partial charge in [0.2, 0.25) is 5.91 Å². The lowest BCUT2D eigenvalue weighted by Crippen LogP contribution is -2.33. The van der Waals surface area contributed by atoms with E-state index in [1.165, 1.54) is 4.90 Å². The molecule has 1 aliphatic rings. The van der Waals surface area contributed by atoms with Gasteiger partial charge < -0.3 is 10.6 Å². The van der Waals surface area contributed by atoms with Crippen molar-refractivity contribution in [3.8, 4) is 0 Å². The number of imide groups is 1. The van der Waals surface area contributed by atoms with Gasteiger partial charge in [0.25, 0.3) is 5.91 Å². The number of benzene rings is 2. The van der Waals surface area contributed by atoms with Crippen molar-refractivity contribution in [3.63, 3.8) is 0 Å². The van der Waals surface area contributed by atoms with Crippen LogP contribution >= 0.6 is 0 Å². The van der Waals surface area contributed by atoms with E-state index in [2.05, 4.69) is 10.6 Å². The maximum atomic E-state index is 12.5. The van der Waals surface area contributed by atoms with Crippen LogP contribution in [0.15, 0.2) is 48.5 Å². The first-order valence-electron chi connectivity index (χ1n) is 9.47. The van der Waals surface area contributed by atoms with Crippen LogP contribution in [0.5, 0.6) is 0 Å². The molecule has 1 aliphatic heterocycles. The van der Waals surface area contributed by atoms with Crippen molar-refractivity contribution in [3.05, 3.63) is 65.2 Å². The van der Waals surface area contributed by atoms with Crippen LogP contribution in [0.25, 0.3) is 0 Å². The third kappa shape index (κ3) is 4.76. The number of hydrogen-bond donors (Lipinski definition) is 2. The molecule has 146 valence electrons. The van der Waals surface area contributed by atoms with Gasteiger partial charge in [-0.1, -0.05) is 42.5 Å². The lowest BCUT2D eigenvalue weighted by atomic mass is 10.1. The van der Waals surface area contributed by atoms with Gasteiger partial charge in [-0.2, -0.15) is 0 Å². The first kappa shape index (κ1) is 19.6. The molecule has 2 aromatic carbocycles. The molecule has 1 fully saturated rings. The third-order valence-electron chi connectivity index (χ3n) is 4.90. The summed E-state index contributed by atoms with van der Waals surface area (Å²) in [6.07, 6.45) is 1.06. The molecule has 1 saturated heterocycles. The Balaban J connectivity index is 1.50. The molecule has 0 aliphatic carbocycles. The van der Waals surface area contributed by atoms with Crippen molar-refractivity contribution in [1.29, 1.82) is 0 Å². The lowest BCUT2D eigenvalue weighted by Gasteiger charge is -2.13. The predicted octanol–water partition coefficient (Wildman–Crippen LogP) is 3.19. The zero-order chi connectivity index (χ0) is 20.1. The van der Waals surface area contributed by atoms with Gasteiger partial charge >= 0.3 is 6.03 Å². The predicted molar refractivity (Wildman–Crippen MR) is 108 cm³/mol. The first-order chi connectivity index (χ1) is 13.4. The van der Waals surface area contributed by atoms with E-state index in [0.29, 0.717) is 13.0 Å². The second-order valence-corrected chi connectivity index (χ2v) is 7.13. The van der Waals surface area contributed by atoms with E-state index in [-0.39, 0.29) is 30.7 Å². The summed E-state index contributed by atoms with van der Waals surface area (Å²) >= 11 is 0. The summed E-state index contributed by atoms with van der Waals surface area (Å²) in [5.41, 5.74) is 3.89. The van der Waals surface area contributed by atoms with Crippen LogP contribution in [-0.2, 0) is 16.0 Å². The van der Waals surface area contributed by atoms with Gasteiger partial charge in [0.05, 0.1) is 0 Å². The summed E-state index contributed by atoms with van der Waals surface area (Å²) in [5.74, 6) is -0.432. The standard InChI is InChI=1S/C22H25N3O3/c1-15-8-9-16(2)19(14-15)23-20(26)11-10-18-21(27)25(22(28)24-18)13-12-17-6-4-3-5-7-17/h3-9,14,18H,10-13H2,1-2H3,(H,23,26)(H,24,28)/t18-/m0/s1. The summed E-state index contributed by atoms with van der Waals surface area (Å²) in [5, 5.41) is 5.57. The second-order valence-electron chi connectivity index (χ2n) is 7.13. The van der Waals surface area contributed by atoms with Crippen LogP contribution in [0, 0.1) is 13.8 Å². The molecule has 0 radical (unpaired) electrons. The molecule has 3 rings (SSSR count). The molecule has 1 heterocycles. The fraction of sp³-hybridized carbons (Fsp3) is 0.318. The largest absolute Gasteiger partial charge is 0.326 e. The van der Waals surface area contributed by atoms with Crippen LogP contribution < -0.4 is 10.6 Å². The molecule has 28 heavy (non-hydrogen) atoms. The van der Waals surface area contributed by atoms with Crippen LogP contribution in [0.3, 0.4) is 0 Å². The average Bonchev–Trinajstić information content (AvgIpc) is 2.95. The van der Waals surface area contributed by atoms with Crippen LogP contribution in [0.1, 0.15) is 29.5 Å². The number of hydrogen-bond acceptors (Lipinski definition) is 3. The molecule has 1 atom stereocenters. The Morgan fingerprint density at radius 2 is 1.86 bits per heavy atom. The molecule has 0 aromatic heterocycles. The molecule has 2 aromatic rings. The van der Waals surface area contributed by atoms with Gasteiger partial charge in [-0.25, -0.2) is 4.79 Å². The number of aryl methyl sites for hydroxylation is 2. The van der Waals surface area contributed by atoms with Crippen molar-refractivity contribution in [2.75, 3.05) is 11.9 Å². The number of carbonyl (C=O) groups excluding carboxylic acids is 3. The lowest BCUT2D eigenvalue weighted by molar-refractivity contribution is -0.127. The number of anilines is 1. The maximum Gasteiger partial charge on any atom is 0.324 e. The molecule has 0 saturated carbocycles. The summed E-state index contributed by atoms with van der Waals surface area (Å²) in [7, 11) is 0. The van der Waals surface area contributed by atoms with Gasteiger partial charge in [0.15, 0.2) is 0 Å². The topological polar surface area (TPSA) is 78.5 Å². The summed E-state index contributed by atoms with van der Waals surface area (Å²) < 4.78 is 0. The highest BCUT2D eigenvalue weighted by Crippen LogP contribution is 2.18. The van der Waals surface area contributed by atoms with Crippen molar-refractivity contribution < 1.29 is 14.4 Å². The molecule has 0 bridgehead atoms. The Labute approximate surface area is 164 Å². The second kappa shape index (κ2) is 8.69. The number of rotatable bonds is 7. The summed E-state index contributed by atoms with van der Waals surface area (Å²) in [6, 6.07) is 14.5. The molecule has 2 N–H and O–H groups in total. The molecule has 4 amide bonds. The van der Waals surface area contributed by atoms with E-state index >= 15 is 0 Å². The normalized spacial score (nSPS) is 16.2. The van der Waals surface area contributed by atoms with Crippen molar-refractivity contribution in [2.45, 2.75) is 39.2 Å². The minimum absolute atomic E-state index is 0.163. The third-order valence-corrected chi connectivity index (χ3v) is 4.90. The van der Waals surface area contributed by atoms with Crippen molar-refractivity contribution in [1.82, 2.24) is 10.2 Å². The van der Waals surface area contributed by atoms with Crippen molar-refractivity contribution in [2.24, 2.45) is 0 Å². The Hall–Kier alpha value is -3.15. The fourth-order valence-electron chi connectivity index (χ4n) is 3.23. The van der Waals surface area contributed by atoms with Crippen LogP contribution in [-0.4, -0.2) is 35.3 Å². The van der Waals surface area contributed by atoms with E-state index < -0.39 is 6.04 Å². The quantitative estimate of drug-likeness (QED) is 0.725. The first-order valence-corrected chi connectivity index (χ1v) is 9.47. The van der Waals surface area contributed by atoms with Gasteiger partial charge in [0.1, 0.15) is 6.04 Å². The number of amides is 4. The molecular weight excluding hydrogens is 354 g/mol. The van der Waals surface area contributed by atoms with E-state index in [4.69, 9.17) is 0 Å². The average molecular weight is 379 g/mol. The zero-order valence-corrected chi connectivity index (χ0v) is 16.2. The molecule has 6 nitrogen and oxygen atoms in total. The van der Waals surface area contributed by atoms with Gasteiger partial charge in [-0.05, 0) is 49.4 Å². The Bertz CT molecular complexity index is 880. The van der Waals surface area contributed by atoms with Gasteiger partial charge in [-0.3, -0.25) is 14.5 Å².